The van der Waals surface area contributed by atoms with E-state index >= 15 is 0 Å². The van der Waals surface area contributed by atoms with Crippen LogP contribution in [0.4, 0.5) is 0 Å². The molecule has 0 aliphatic rings. The normalized spacial score (nSPS) is 13.2. The van der Waals surface area contributed by atoms with Gasteiger partial charge in [-0.05, 0) is 35.4 Å². The van der Waals surface area contributed by atoms with Gasteiger partial charge in [0.15, 0.2) is 23.0 Å². The molecule has 4 N–H and O–H groups in total. The molecule has 7 nitrogen and oxygen atoms in total. The number of hydrogen-bond acceptors (Lipinski definition) is 7. The minimum atomic E-state index is -0.539. The number of methoxy groups -OCH3 is 3. The number of aliphatic hydroxyl groups excluding tert-OH is 3. The van der Waals surface area contributed by atoms with Crippen molar-refractivity contribution >= 4 is 0 Å². The molecular weight excluding hydrogens is 364 g/mol. The smallest absolute Gasteiger partial charge is 0.161 e. The van der Waals surface area contributed by atoms with Crippen molar-refractivity contribution in [3.8, 4) is 23.0 Å². The van der Waals surface area contributed by atoms with Crippen LogP contribution in [0.25, 0.3) is 0 Å². The van der Waals surface area contributed by atoms with Crippen LogP contribution in [-0.2, 0) is 0 Å². The Hall–Kier alpha value is -2.48. The van der Waals surface area contributed by atoms with Gasteiger partial charge in [-0.2, -0.15) is 0 Å². The number of aromatic hydroxyl groups is 1. The van der Waals surface area contributed by atoms with E-state index in [0.717, 1.165) is 11.1 Å². The second kappa shape index (κ2) is 10.2. The summed E-state index contributed by atoms with van der Waals surface area (Å²) >= 11 is 0. The van der Waals surface area contributed by atoms with Crippen molar-refractivity contribution < 1.29 is 34.6 Å². The Morgan fingerprint density at radius 1 is 0.714 bits per heavy atom. The van der Waals surface area contributed by atoms with Crippen LogP contribution < -0.4 is 14.2 Å². The Balaban J connectivity index is 2.65. The maximum Gasteiger partial charge on any atom is 0.161 e. The molecule has 0 heterocycles. The second-order valence-corrected chi connectivity index (χ2v) is 6.50. The Bertz CT molecular complexity index is 758. The van der Waals surface area contributed by atoms with Crippen molar-refractivity contribution in [3.05, 3.63) is 47.5 Å². The number of benzene rings is 2. The number of phenols is 1. The average molecular weight is 392 g/mol. The summed E-state index contributed by atoms with van der Waals surface area (Å²) in [5.41, 5.74) is 1.56. The summed E-state index contributed by atoms with van der Waals surface area (Å²) < 4.78 is 15.9. The van der Waals surface area contributed by atoms with Crippen molar-refractivity contribution in [1.82, 2.24) is 0 Å². The monoisotopic (exact) mass is 392 g/mol. The van der Waals surface area contributed by atoms with Crippen molar-refractivity contribution in [3.63, 3.8) is 0 Å². The van der Waals surface area contributed by atoms with E-state index in [0.29, 0.717) is 17.2 Å². The SMILES string of the molecule is COc1cc([C@@H](c2ccc(OC)c(OC)c2)[C@H](CO)C(CO)CO)ccc1O. The highest BCUT2D eigenvalue weighted by Crippen LogP contribution is 2.41. The van der Waals surface area contributed by atoms with Gasteiger partial charge in [-0.25, -0.2) is 0 Å². The second-order valence-electron chi connectivity index (χ2n) is 6.50. The molecule has 0 amide bonds. The summed E-state index contributed by atoms with van der Waals surface area (Å²) in [7, 11) is 4.54. The Labute approximate surface area is 164 Å². The molecule has 0 bridgehead atoms. The van der Waals surface area contributed by atoms with Crippen molar-refractivity contribution in [2.45, 2.75) is 5.92 Å². The van der Waals surface area contributed by atoms with E-state index in [1.807, 2.05) is 6.07 Å². The van der Waals surface area contributed by atoms with Gasteiger partial charge in [0.05, 0.1) is 21.3 Å². The van der Waals surface area contributed by atoms with Gasteiger partial charge in [0.2, 0.25) is 0 Å². The van der Waals surface area contributed by atoms with Crippen LogP contribution in [0.3, 0.4) is 0 Å². The zero-order chi connectivity index (χ0) is 20.7. The summed E-state index contributed by atoms with van der Waals surface area (Å²) in [5.74, 6) is -0.0385. The maximum absolute atomic E-state index is 10.1. The third-order valence-electron chi connectivity index (χ3n) is 5.04. The fourth-order valence-corrected chi connectivity index (χ4v) is 3.48. The Kier molecular flexibility index (Phi) is 7.92. The molecule has 28 heavy (non-hydrogen) atoms. The van der Waals surface area contributed by atoms with Gasteiger partial charge in [-0.3, -0.25) is 0 Å². The lowest BCUT2D eigenvalue weighted by Gasteiger charge is -2.32. The standard InChI is InChI=1S/C21H28O7/c1-26-18-7-5-14(9-20(18)28-3)21(16(12-24)15(10-22)11-23)13-4-6-17(25)19(8-13)27-2/h4-9,15-16,21-25H,10-12H2,1-3H3/t16-,21+/m1/s1. The first-order chi connectivity index (χ1) is 13.5. The zero-order valence-electron chi connectivity index (χ0n) is 16.3. The summed E-state index contributed by atoms with van der Waals surface area (Å²) in [6.45, 7) is -0.810. The summed E-state index contributed by atoms with van der Waals surface area (Å²) in [5, 5.41) is 39.5. The van der Waals surface area contributed by atoms with E-state index in [-0.39, 0.29) is 25.6 Å². The number of ether oxygens (including phenoxy) is 3. The average Bonchev–Trinajstić information content (AvgIpc) is 2.74. The lowest BCUT2D eigenvalue weighted by molar-refractivity contribution is 0.0654. The predicted octanol–water partition coefficient (Wildman–Crippen LogP) is 1.76. The fourth-order valence-electron chi connectivity index (χ4n) is 3.48. The molecule has 0 aromatic heterocycles. The van der Waals surface area contributed by atoms with Gasteiger partial charge in [-0.15, -0.1) is 0 Å². The summed E-state index contributed by atoms with van der Waals surface area (Å²) in [6, 6.07) is 10.3. The van der Waals surface area contributed by atoms with E-state index in [1.54, 1.807) is 31.4 Å². The van der Waals surface area contributed by atoms with Crippen LogP contribution in [0.15, 0.2) is 36.4 Å². The fraction of sp³-hybridized carbons (Fsp3) is 0.429. The van der Waals surface area contributed by atoms with E-state index in [1.165, 1.54) is 20.3 Å². The van der Waals surface area contributed by atoms with Gasteiger partial charge in [-0.1, -0.05) is 12.1 Å². The van der Waals surface area contributed by atoms with Gasteiger partial charge < -0.3 is 34.6 Å². The molecule has 0 spiro atoms. The minimum absolute atomic E-state index is 0.00118. The van der Waals surface area contributed by atoms with Gasteiger partial charge in [0, 0.05) is 37.6 Å². The van der Waals surface area contributed by atoms with Crippen LogP contribution in [-0.4, -0.2) is 61.6 Å². The van der Waals surface area contributed by atoms with Crippen LogP contribution >= 0.6 is 0 Å². The van der Waals surface area contributed by atoms with Crippen LogP contribution in [0.2, 0.25) is 0 Å². The Morgan fingerprint density at radius 2 is 1.25 bits per heavy atom. The topological polar surface area (TPSA) is 109 Å². The summed E-state index contributed by atoms with van der Waals surface area (Å²) in [4.78, 5) is 0. The zero-order valence-corrected chi connectivity index (χ0v) is 16.3. The number of rotatable bonds is 10. The van der Waals surface area contributed by atoms with Crippen molar-refractivity contribution in [2.24, 2.45) is 11.8 Å². The Morgan fingerprint density at radius 3 is 1.75 bits per heavy atom. The van der Waals surface area contributed by atoms with Crippen LogP contribution in [0, 0.1) is 11.8 Å². The highest BCUT2D eigenvalue weighted by atomic mass is 16.5. The minimum Gasteiger partial charge on any atom is -0.504 e. The lowest BCUT2D eigenvalue weighted by Crippen LogP contribution is -2.31. The molecule has 154 valence electrons. The molecule has 0 aliphatic heterocycles. The molecule has 2 rings (SSSR count). The van der Waals surface area contributed by atoms with E-state index in [4.69, 9.17) is 14.2 Å². The molecule has 0 unspecified atom stereocenters. The van der Waals surface area contributed by atoms with Crippen LogP contribution in [0.1, 0.15) is 17.0 Å². The molecule has 2 atom stereocenters. The lowest BCUT2D eigenvalue weighted by atomic mass is 9.75. The number of hydrogen-bond donors (Lipinski definition) is 4. The molecule has 7 heteroatoms. The molecule has 2 aromatic carbocycles. The van der Waals surface area contributed by atoms with Crippen LogP contribution in [0.5, 0.6) is 23.0 Å². The van der Waals surface area contributed by atoms with Gasteiger partial charge in [0.25, 0.3) is 0 Å². The molecule has 0 saturated heterocycles. The predicted molar refractivity (Wildman–Crippen MR) is 104 cm³/mol. The quantitative estimate of drug-likeness (QED) is 0.488. The molecule has 0 saturated carbocycles. The first kappa shape index (κ1) is 21.8. The molecular formula is C21H28O7. The number of aliphatic hydroxyl groups is 3. The third-order valence-corrected chi connectivity index (χ3v) is 5.04. The van der Waals surface area contributed by atoms with Crippen molar-refractivity contribution in [2.75, 3.05) is 41.2 Å². The van der Waals surface area contributed by atoms with Gasteiger partial charge >= 0.3 is 0 Å². The molecule has 0 aliphatic carbocycles. The maximum atomic E-state index is 10.1. The molecule has 2 aromatic rings. The molecule has 0 radical (unpaired) electrons. The third kappa shape index (κ3) is 4.49. The molecule has 0 fully saturated rings. The summed E-state index contributed by atoms with van der Waals surface area (Å²) in [6.07, 6.45) is 0. The van der Waals surface area contributed by atoms with E-state index in [2.05, 4.69) is 0 Å². The largest absolute Gasteiger partial charge is 0.504 e. The van der Waals surface area contributed by atoms with E-state index < -0.39 is 17.8 Å². The first-order valence-corrected chi connectivity index (χ1v) is 8.95. The van der Waals surface area contributed by atoms with Gasteiger partial charge in [0.1, 0.15) is 0 Å². The highest BCUT2D eigenvalue weighted by Gasteiger charge is 2.32. The first-order valence-electron chi connectivity index (χ1n) is 8.95. The van der Waals surface area contributed by atoms with E-state index in [9.17, 15) is 20.4 Å². The number of phenolic OH excluding ortho intramolecular Hbond substituents is 1. The van der Waals surface area contributed by atoms with Crippen molar-refractivity contribution in [1.29, 1.82) is 0 Å². The highest BCUT2D eigenvalue weighted by molar-refractivity contribution is 5.49.